The normalized spacial score (nSPS) is 12.4. The van der Waals surface area contributed by atoms with E-state index in [-0.39, 0.29) is 0 Å². The lowest BCUT2D eigenvalue weighted by Crippen LogP contribution is -2.11. The van der Waals surface area contributed by atoms with Gasteiger partial charge in [0.25, 0.3) is 0 Å². The quantitative estimate of drug-likeness (QED) is 0.0708. The zero-order chi connectivity index (χ0) is 56.9. The number of rotatable bonds is 20. The van der Waals surface area contributed by atoms with E-state index in [9.17, 15) is 0 Å². The van der Waals surface area contributed by atoms with E-state index in [1.807, 2.05) is 0 Å². The highest BCUT2D eigenvalue weighted by Gasteiger charge is 2.26. The molecule has 2 nitrogen and oxygen atoms in total. The number of ether oxygens (including phenoxy) is 2. The molecule has 0 aliphatic heterocycles. The number of unbranched alkanes of at least 4 members (excludes halogenated alkanes) is 2. The third-order valence-corrected chi connectivity index (χ3v) is 18.0. The van der Waals surface area contributed by atoms with Crippen LogP contribution in [0.15, 0.2) is 243 Å². The molecule has 0 saturated heterocycles. The van der Waals surface area contributed by atoms with Crippen LogP contribution in [0.5, 0.6) is 11.5 Å². The summed E-state index contributed by atoms with van der Waals surface area (Å²) in [5.74, 6) is 2.86. The van der Waals surface area contributed by atoms with Crippen molar-refractivity contribution in [1.29, 1.82) is 0 Å². The lowest BCUT2D eigenvalue weighted by atomic mass is 9.79. The van der Waals surface area contributed by atoms with Crippen molar-refractivity contribution in [3.8, 4) is 78.3 Å². The van der Waals surface area contributed by atoms with Crippen LogP contribution in [0.3, 0.4) is 0 Å². The number of hydrogen-bond acceptors (Lipinski definition) is 2. The molecule has 0 saturated carbocycles. The molecule has 13 aromatic carbocycles. The van der Waals surface area contributed by atoms with Crippen molar-refractivity contribution in [1.82, 2.24) is 0 Å². The third-order valence-electron chi connectivity index (χ3n) is 18.0. The summed E-state index contributed by atoms with van der Waals surface area (Å²) in [4.78, 5) is 0. The maximum absolute atomic E-state index is 6.69. The number of hydrogen-bond donors (Lipinski definition) is 0. The van der Waals surface area contributed by atoms with Crippen LogP contribution in [0.4, 0.5) is 0 Å². The van der Waals surface area contributed by atoms with Gasteiger partial charge in [0.15, 0.2) is 0 Å². The molecule has 2 heteroatoms. The summed E-state index contributed by atoms with van der Waals surface area (Å²) in [5, 5.41) is 14.6. The largest absolute Gasteiger partial charge is 0.493 e. The molecule has 2 atom stereocenters. The number of benzene rings is 13. The maximum atomic E-state index is 6.69. The molecule has 0 bridgehead atoms. The SMILES string of the molecule is CCCCC(CC)COc1ccc(-c2c3cc4c(-c5ccccc5)c5ccccc5c(-c5ccccc5)c4cc3c(-c3ccc(OCC(CC)CCCC)cc3)c3cc4c(-c5ccccc5)c5ccccc5c(-c5ccccc5)c4cc23)cc1. The Bertz CT molecular complexity index is 3920. The summed E-state index contributed by atoms with van der Waals surface area (Å²) in [7, 11) is 0. The fourth-order valence-electron chi connectivity index (χ4n) is 13.5. The average molecular weight is 1090 g/mol. The van der Waals surface area contributed by atoms with Crippen LogP contribution >= 0.6 is 0 Å². The zero-order valence-electron chi connectivity index (χ0n) is 49.1. The second kappa shape index (κ2) is 24.5. The predicted octanol–water partition coefficient (Wildman–Crippen LogP) is 23.8. The fraction of sp³-hybridized carbons (Fsp3) is 0.195. The van der Waals surface area contributed by atoms with Crippen LogP contribution in [0.1, 0.15) is 79.1 Å². The zero-order valence-corrected chi connectivity index (χ0v) is 49.1. The Morgan fingerprint density at radius 3 is 0.714 bits per heavy atom. The molecular weight excluding hydrogens is 1020 g/mol. The summed E-state index contributed by atoms with van der Waals surface area (Å²) < 4.78 is 13.4. The van der Waals surface area contributed by atoms with Crippen molar-refractivity contribution in [2.24, 2.45) is 11.8 Å². The summed E-state index contributed by atoms with van der Waals surface area (Å²) in [6.07, 6.45) is 9.42. The van der Waals surface area contributed by atoms with Crippen molar-refractivity contribution in [2.45, 2.75) is 79.1 Å². The van der Waals surface area contributed by atoms with Crippen LogP contribution < -0.4 is 9.47 Å². The molecule has 13 rings (SSSR count). The molecule has 0 fully saturated rings. The van der Waals surface area contributed by atoms with Crippen molar-refractivity contribution in [2.75, 3.05) is 13.2 Å². The highest BCUT2D eigenvalue weighted by atomic mass is 16.5. The second-order valence-electron chi connectivity index (χ2n) is 23.2. The topological polar surface area (TPSA) is 18.5 Å². The Kier molecular flexibility index (Phi) is 15.8. The molecule has 414 valence electrons. The molecule has 0 radical (unpaired) electrons. The highest BCUT2D eigenvalue weighted by molar-refractivity contribution is 6.32. The summed E-state index contributed by atoms with van der Waals surface area (Å²) in [5.41, 5.74) is 14.4. The van der Waals surface area contributed by atoms with Gasteiger partial charge in [0.05, 0.1) is 13.2 Å². The van der Waals surface area contributed by atoms with E-state index in [1.165, 1.54) is 159 Å². The molecule has 13 aromatic rings. The van der Waals surface area contributed by atoms with Gasteiger partial charge in [-0.15, -0.1) is 0 Å². The predicted molar refractivity (Wildman–Crippen MR) is 362 cm³/mol. The molecule has 0 aliphatic carbocycles. The summed E-state index contributed by atoms with van der Waals surface area (Å²) >= 11 is 0. The Hall–Kier alpha value is -8.98. The Morgan fingerprint density at radius 2 is 0.476 bits per heavy atom. The first-order chi connectivity index (χ1) is 41.5. The van der Waals surface area contributed by atoms with E-state index in [1.54, 1.807) is 0 Å². The van der Waals surface area contributed by atoms with Crippen molar-refractivity contribution < 1.29 is 9.47 Å². The molecule has 0 N–H and O–H groups in total. The minimum absolute atomic E-state index is 0.526. The molecule has 0 amide bonds. The van der Waals surface area contributed by atoms with Gasteiger partial charge in [-0.25, -0.2) is 0 Å². The molecule has 0 aromatic heterocycles. The molecule has 0 spiro atoms. The first-order valence-corrected chi connectivity index (χ1v) is 31.0. The monoisotopic (exact) mass is 1090 g/mol. The number of fused-ring (bicyclic) bond motifs is 6. The van der Waals surface area contributed by atoms with Gasteiger partial charge in [-0.2, -0.15) is 0 Å². The van der Waals surface area contributed by atoms with Crippen molar-refractivity contribution in [3.05, 3.63) is 243 Å². The van der Waals surface area contributed by atoms with Crippen LogP contribution in [0, 0.1) is 11.8 Å². The van der Waals surface area contributed by atoms with E-state index in [4.69, 9.17) is 9.47 Å². The molecular formula is C82H74O2. The minimum Gasteiger partial charge on any atom is -0.493 e. The van der Waals surface area contributed by atoms with Gasteiger partial charge in [-0.1, -0.05) is 260 Å². The molecule has 0 aliphatic rings. The Labute approximate surface area is 496 Å². The van der Waals surface area contributed by atoms with Gasteiger partial charge in [0, 0.05) is 0 Å². The van der Waals surface area contributed by atoms with Gasteiger partial charge in [-0.05, 0) is 205 Å². The lowest BCUT2D eigenvalue weighted by molar-refractivity contribution is 0.233. The first kappa shape index (κ1) is 54.3. The van der Waals surface area contributed by atoms with Crippen LogP contribution in [-0.4, -0.2) is 13.2 Å². The Balaban J connectivity index is 1.20. The first-order valence-electron chi connectivity index (χ1n) is 31.0. The van der Waals surface area contributed by atoms with Gasteiger partial charge in [0.1, 0.15) is 11.5 Å². The van der Waals surface area contributed by atoms with E-state index >= 15 is 0 Å². The van der Waals surface area contributed by atoms with Gasteiger partial charge in [0.2, 0.25) is 0 Å². The Morgan fingerprint density at radius 1 is 0.250 bits per heavy atom. The van der Waals surface area contributed by atoms with Crippen molar-refractivity contribution in [3.63, 3.8) is 0 Å². The van der Waals surface area contributed by atoms with Crippen LogP contribution in [0.25, 0.3) is 131 Å². The maximum Gasteiger partial charge on any atom is 0.119 e. The molecule has 2 unspecified atom stereocenters. The minimum atomic E-state index is 0.526. The second-order valence-corrected chi connectivity index (χ2v) is 23.2. The van der Waals surface area contributed by atoms with E-state index in [2.05, 4.69) is 270 Å². The lowest BCUT2D eigenvalue weighted by Gasteiger charge is -2.24. The summed E-state index contributed by atoms with van der Waals surface area (Å²) in [6.45, 7) is 10.6. The van der Waals surface area contributed by atoms with Gasteiger partial charge in [-0.3, -0.25) is 0 Å². The smallest absolute Gasteiger partial charge is 0.119 e. The van der Waals surface area contributed by atoms with Gasteiger partial charge < -0.3 is 9.47 Å². The van der Waals surface area contributed by atoms with Crippen LogP contribution in [0.2, 0.25) is 0 Å². The molecule has 0 heterocycles. The van der Waals surface area contributed by atoms with E-state index < -0.39 is 0 Å². The summed E-state index contributed by atoms with van der Waals surface area (Å²) in [6, 6.07) is 90.7. The third kappa shape index (κ3) is 10.4. The van der Waals surface area contributed by atoms with E-state index in [0.29, 0.717) is 11.8 Å². The fourth-order valence-corrected chi connectivity index (χ4v) is 13.5. The van der Waals surface area contributed by atoms with Crippen LogP contribution in [-0.2, 0) is 0 Å². The van der Waals surface area contributed by atoms with E-state index in [0.717, 1.165) is 48.7 Å². The molecule has 84 heavy (non-hydrogen) atoms. The van der Waals surface area contributed by atoms with Gasteiger partial charge >= 0.3 is 0 Å². The average Bonchev–Trinajstić information content (AvgIpc) is 2.11. The van der Waals surface area contributed by atoms with Crippen molar-refractivity contribution >= 4 is 64.6 Å². The highest BCUT2D eigenvalue weighted by Crippen LogP contribution is 2.53. The standard InChI is InChI=1S/C82H74O2/c1-5-9-27-55(7-3)53-83-63-45-41-61(42-46-63)81-73-49-69-71(79(59-33-19-13-20-34-59)67-39-25-23-37-65(67)77(69)57-29-15-11-16-30-57)51-75(73)82(62-43-47-64(48-44-62)84-54-56(8-4)28-10-6-2)76-52-72-70(50-74(76)81)78(58-31-17-12-18-32-58)66-38-24-26-40-68(66)80(72)60-35-21-14-22-36-60/h11-26,29-52,55-56H,5-10,27-28,53-54H2,1-4H3.